The zero-order valence-electron chi connectivity index (χ0n) is 24.0. The molecule has 1 aliphatic heterocycles. The Labute approximate surface area is 242 Å². The highest BCUT2D eigenvalue weighted by Crippen LogP contribution is 2.47. The Hall–Kier alpha value is -2.19. The van der Waals surface area contributed by atoms with Gasteiger partial charge in [-0.1, -0.05) is 70.0 Å². The molecule has 0 bridgehead atoms. The molecule has 0 fully saturated rings. The van der Waals surface area contributed by atoms with Crippen molar-refractivity contribution in [2.45, 2.75) is 84.6 Å². The zero-order valence-corrected chi connectivity index (χ0v) is 26.5. The number of hydrogen-bond donors (Lipinski definition) is 0. The Morgan fingerprint density at radius 1 is 1.15 bits per heavy atom. The van der Waals surface area contributed by atoms with E-state index in [4.69, 9.17) is 32.7 Å². The molecule has 39 heavy (non-hydrogen) atoms. The number of carbonyl (C=O) groups is 1. The maximum absolute atomic E-state index is 15.4. The van der Waals surface area contributed by atoms with Crippen LogP contribution in [0.5, 0.6) is 0 Å². The summed E-state index contributed by atoms with van der Waals surface area (Å²) in [4.78, 5) is 15.5. The van der Waals surface area contributed by atoms with Crippen molar-refractivity contribution in [2.24, 2.45) is 0 Å². The van der Waals surface area contributed by atoms with Gasteiger partial charge in [-0.25, -0.2) is 4.39 Å². The topological polar surface area (TPSA) is 47.4 Å². The van der Waals surface area contributed by atoms with Crippen molar-refractivity contribution in [3.63, 3.8) is 0 Å². The van der Waals surface area contributed by atoms with Crippen LogP contribution in [0.2, 0.25) is 28.2 Å². The van der Waals surface area contributed by atoms with E-state index >= 15 is 4.39 Å². The van der Waals surface area contributed by atoms with Crippen LogP contribution in [0.3, 0.4) is 0 Å². The second kappa shape index (κ2) is 11.0. The summed E-state index contributed by atoms with van der Waals surface area (Å²) in [6, 6.07) is 9.74. The number of hydrogen-bond acceptors (Lipinski definition) is 3. The van der Waals surface area contributed by atoms with Gasteiger partial charge >= 0.3 is 0 Å². The molecule has 1 amide bonds. The number of carbonyl (C=O) groups excluding carboxylic acids is 1. The van der Waals surface area contributed by atoms with Crippen LogP contribution in [-0.4, -0.2) is 30.6 Å². The molecule has 9 heteroatoms. The summed E-state index contributed by atoms with van der Waals surface area (Å²) in [6.07, 6.45) is 0.776. The summed E-state index contributed by atoms with van der Waals surface area (Å²) in [5, 5.41) is 5.53. The molecule has 2 heterocycles. The average molecular weight is 591 g/mol. The van der Waals surface area contributed by atoms with Gasteiger partial charge in [-0.2, -0.15) is 5.10 Å². The predicted molar refractivity (Wildman–Crippen MR) is 160 cm³/mol. The summed E-state index contributed by atoms with van der Waals surface area (Å²) in [6.45, 7) is 18.6. The third-order valence-corrected chi connectivity index (χ3v) is 13.1. The Kier molecular flexibility index (Phi) is 8.40. The maximum Gasteiger partial charge on any atom is 0.280 e. The highest BCUT2D eigenvalue weighted by molar-refractivity contribution is 6.74. The SMILES string of the molecule is Cc1cc(Cl)ccc1C1c2c(nn(CCCO[Si](C)(C)C(C)(C)C)c2C(C)C)C(=O)N1c1cccc(Cl)c1F. The Bertz CT molecular complexity index is 1400. The van der Waals surface area contributed by atoms with Gasteiger partial charge in [0.15, 0.2) is 19.8 Å². The van der Waals surface area contributed by atoms with Gasteiger partial charge in [0.1, 0.15) is 0 Å². The van der Waals surface area contributed by atoms with E-state index in [0.717, 1.165) is 28.8 Å². The van der Waals surface area contributed by atoms with Crippen LogP contribution in [0.4, 0.5) is 10.1 Å². The minimum atomic E-state index is -1.86. The van der Waals surface area contributed by atoms with Crippen molar-refractivity contribution >= 4 is 43.1 Å². The van der Waals surface area contributed by atoms with Crippen molar-refractivity contribution in [2.75, 3.05) is 11.5 Å². The summed E-state index contributed by atoms with van der Waals surface area (Å²) in [7, 11) is -1.86. The normalized spacial score (nSPS) is 15.9. The lowest BCUT2D eigenvalue weighted by Gasteiger charge is -2.36. The minimum Gasteiger partial charge on any atom is -0.417 e. The molecule has 0 saturated carbocycles. The smallest absolute Gasteiger partial charge is 0.280 e. The molecule has 2 aromatic carbocycles. The first-order chi connectivity index (χ1) is 18.2. The number of anilines is 1. The Morgan fingerprint density at radius 2 is 1.85 bits per heavy atom. The molecule has 1 atom stereocenters. The van der Waals surface area contributed by atoms with Gasteiger partial charge in [0.25, 0.3) is 5.91 Å². The van der Waals surface area contributed by atoms with E-state index in [1.54, 1.807) is 18.2 Å². The second-order valence-corrected chi connectivity index (χ2v) is 17.8. The van der Waals surface area contributed by atoms with Gasteiger partial charge in [0.2, 0.25) is 0 Å². The lowest BCUT2D eigenvalue weighted by atomic mass is 9.92. The van der Waals surface area contributed by atoms with E-state index < -0.39 is 20.2 Å². The van der Waals surface area contributed by atoms with Crippen molar-refractivity contribution in [1.29, 1.82) is 0 Å². The van der Waals surface area contributed by atoms with Crippen LogP contribution in [-0.2, 0) is 11.0 Å². The summed E-state index contributed by atoms with van der Waals surface area (Å²) in [5.41, 5.74) is 4.04. The average Bonchev–Trinajstić information content (AvgIpc) is 3.33. The highest BCUT2D eigenvalue weighted by Gasteiger charge is 2.46. The number of benzene rings is 2. The molecule has 1 aliphatic rings. The molecule has 210 valence electrons. The number of rotatable bonds is 8. The molecule has 0 radical (unpaired) electrons. The van der Waals surface area contributed by atoms with Crippen molar-refractivity contribution in [1.82, 2.24) is 9.78 Å². The van der Waals surface area contributed by atoms with E-state index in [1.807, 2.05) is 23.7 Å². The fourth-order valence-corrected chi connectivity index (χ4v) is 6.47. The molecule has 1 aromatic heterocycles. The number of nitrogens with zero attached hydrogens (tertiary/aromatic N) is 3. The van der Waals surface area contributed by atoms with Crippen LogP contribution >= 0.6 is 23.2 Å². The van der Waals surface area contributed by atoms with Crippen molar-refractivity contribution < 1.29 is 13.6 Å². The third-order valence-electron chi connectivity index (χ3n) is 8.03. The monoisotopic (exact) mass is 589 g/mol. The van der Waals surface area contributed by atoms with Crippen LogP contribution < -0.4 is 4.90 Å². The number of fused-ring (bicyclic) bond motifs is 1. The molecular formula is C30H38Cl2FN3O2Si. The van der Waals surface area contributed by atoms with Gasteiger partial charge < -0.3 is 4.43 Å². The predicted octanol–water partition coefficient (Wildman–Crippen LogP) is 8.92. The number of aromatic nitrogens is 2. The van der Waals surface area contributed by atoms with E-state index in [0.29, 0.717) is 23.9 Å². The number of amides is 1. The molecule has 0 spiro atoms. The van der Waals surface area contributed by atoms with Crippen LogP contribution in [0, 0.1) is 12.7 Å². The van der Waals surface area contributed by atoms with Gasteiger partial charge in [-0.15, -0.1) is 0 Å². The number of halogens is 3. The Balaban J connectivity index is 1.78. The maximum atomic E-state index is 15.4. The van der Waals surface area contributed by atoms with Crippen molar-refractivity contribution in [3.8, 4) is 0 Å². The van der Waals surface area contributed by atoms with Gasteiger partial charge in [-0.3, -0.25) is 14.4 Å². The fraction of sp³-hybridized carbons (Fsp3) is 0.467. The fourth-order valence-electron chi connectivity index (χ4n) is 4.98. The first-order valence-corrected chi connectivity index (χ1v) is 17.1. The molecule has 0 saturated heterocycles. The summed E-state index contributed by atoms with van der Waals surface area (Å²) in [5.74, 6) is -0.894. The quantitative estimate of drug-likeness (QED) is 0.194. The largest absolute Gasteiger partial charge is 0.417 e. The number of aryl methyl sites for hydroxylation is 2. The second-order valence-electron chi connectivity index (χ2n) is 12.1. The third kappa shape index (κ3) is 5.56. The van der Waals surface area contributed by atoms with Gasteiger partial charge in [0, 0.05) is 29.4 Å². The Morgan fingerprint density at radius 3 is 2.46 bits per heavy atom. The van der Waals surface area contributed by atoms with Crippen molar-refractivity contribution in [3.05, 3.63) is 80.3 Å². The standard InChI is InChI=1S/C30H38Cl2FN3O2Si/c1-18(2)27-24-26(34-35(27)15-10-16-38-39(7,8)30(4,5)6)29(37)36(23-12-9-11-22(32)25(23)33)28(24)21-14-13-20(31)17-19(21)3/h9,11-14,17-18,28H,10,15-16H2,1-8H3. The van der Waals surface area contributed by atoms with Gasteiger partial charge in [-0.05, 0) is 72.8 Å². The van der Waals surface area contributed by atoms with Crippen LogP contribution in [0.15, 0.2) is 36.4 Å². The molecule has 5 nitrogen and oxygen atoms in total. The summed E-state index contributed by atoms with van der Waals surface area (Å²) >= 11 is 12.4. The van der Waals surface area contributed by atoms with Gasteiger partial charge in [0.05, 0.1) is 16.8 Å². The lowest BCUT2D eigenvalue weighted by molar-refractivity contribution is 0.0986. The van der Waals surface area contributed by atoms with E-state index in [9.17, 15) is 4.79 Å². The summed E-state index contributed by atoms with van der Waals surface area (Å²) < 4.78 is 23.7. The molecular weight excluding hydrogens is 552 g/mol. The molecule has 0 N–H and O–H groups in total. The van der Waals surface area contributed by atoms with E-state index in [-0.39, 0.29) is 27.6 Å². The lowest BCUT2D eigenvalue weighted by Crippen LogP contribution is -2.41. The first-order valence-electron chi connectivity index (χ1n) is 13.4. The van der Waals surface area contributed by atoms with Crippen LogP contribution in [0.25, 0.3) is 0 Å². The highest BCUT2D eigenvalue weighted by atomic mass is 35.5. The zero-order chi connectivity index (χ0) is 28.9. The molecule has 0 aliphatic carbocycles. The minimum absolute atomic E-state index is 0.0349. The molecule has 4 rings (SSSR count). The van der Waals surface area contributed by atoms with E-state index in [1.165, 1.54) is 11.0 Å². The van der Waals surface area contributed by atoms with E-state index in [2.05, 4.69) is 47.7 Å². The molecule has 3 aromatic rings. The first kappa shape index (κ1) is 29.8. The molecule has 1 unspecified atom stereocenters. The van der Waals surface area contributed by atoms with Crippen LogP contribution in [0.1, 0.15) is 85.9 Å².